The van der Waals surface area contributed by atoms with Gasteiger partial charge in [-0.15, -0.1) is 0 Å². The molecular formula is C30H35F2N3O2. The van der Waals surface area contributed by atoms with Gasteiger partial charge in [-0.1, -0.05) is 19.1 Å². The van der Waals surface area contributed by atoms with Gasteiger partial charge in [-0.05, 0) is 91.6 Å². The van der Waals surface area contributed by atoms with Crippen LogP contribution in [0.5, 0.6) is 0 Å². The number of halogens is 2. The fraction of sp³-hybridized carbons (Fsp3) is 0.400. The maximum Gasteiger partial charge on any atom is 0.217 e. The van der Waals surface area contributed by atoms with Crippen molar-refractivity contribution < 1.29 is 18.7 Å². The highest BCUT2D eigenvalue weighted by atomic mass is 19.1. The molecule has 0 fully saturated rings. The van der Waals surface area contributed by atoms with Crippen LogP contribution in [0.3, 0.4) is 0 Å². The molecule has 3 unspecified atom stereocenters. The Labute approximate surface area is 217 Å². The molecule has 1 heterocycles. The zero-order valence-corrected chi connectivity index (χ0v) is 21.7. The van der Waals surface area contributed by atoms with Gasteiger partial charge in [-0.2, -0.15) is 0 Å². The average Bonchev–Trinajstić information content (AvgIpc) is 2.85. The van der Waals surface area contributed by atoms with Gasteiger partial charge >= 0.3 is 0 Å². The van der Waals surface area contributed by atoms with E-state index in [1.54, 1.807) is 0 Å². The number of carbonyl (C=O) groups excluding carboxylic acids is 1. The number of nitrogens with zero attached hydrogens (tertiary/aromatic N) is 1. The lowest BCUT2D eigenvalue weighted by atomic mass is 9.82. The van der Waals surface area contributed by atoms with E-state index >= 15 is 0 Å². The van der Waals surface area contributed by atoms with Crippen LogP contribution in [0.25, 0.3) is 11.3 Å². The number of pyridine rings is 1. The Morgan fingerprint density at radius 1 is 1.14 bits per heavy atom. The number of aromatic nitrogens is 1. The lowest BCUT2D eigenvalue weighted by Gasteiger charge is -2.31. The van der Waals surface area contributed by atoms with Crippen LogP contribution >= 0.6 is 0 Å². The first kappa shape index (κ1) is 26.9. The first-order valence-corrected chi connectivity index (χ1v) is 13.0. The number of fused-ring (bicyclic) bond motifs is 1. The smallest absolute Gasteiger partial charge is 0.217 e. The van der Waals surface area contributed by atoms with Crippen molar-refractivity contribution in [3.05, 3.63) is 88.1 Å². The van der Waals surface area contributed by atoms with E-state index in [1.165, 1.54) is 35.7 Å². The molecule has 0 spiro atoms. The summed E-state index contributed by atoms with van der Waals surface area (Å²) in [5.41, 5.74) is 7.22. The lowest BCUT2D eigenvalue weighted by Crippen LogP contribution is -2.48. The van der Waals surface area contributed by atoms with Gasteiger partial charge in [0, 0.05) is 36.8 Å². The molecule has 196 valence electrons. The van der Waals surface area contributed by atoms with E-state index in [1.807, 2.05) is 19.1 Å². The van der Waals surface area contributed by atoms with E-state index < -0.39 is 23.8 Å². The maximum atomic E-state index is 13.7. The van der Waals surface area contributed by atoms with Crippen molar-refractivity contribution in [2.24, 2.45) is 0 Å². The van der Waals surface area contributed by atoms with Crippen molar-refractivity contribution in [1.29, 1.82) is 0 Å². The fourth-order valence-corrected chi connectivity index (χ4v) is 5.25. The average molecular weight is 508 g/mol. The van der Waals surface area contributed by atoms with E-state index in [9.17, 15) is 18.7 Å². The van der Waals surface area contributed by atoms with Crippen molar-refractivity contribution in [2.45, 2.75) is 71.1 Å². The number of nitrogens with one attached hydrogen (secondary N) is 2. The van der Waals surface area contributed by atoms with Crippen molar-refractivity contribution in [3.8, 4) is 11.3 Å². The third kappa shape index (κ3) is 6.79. The van der Waals surface area contributed by atoms with Crippen LogP contribution in [-0.2, 0) is 24.1 Å². The molecule has 7 heteroatoms. The molecule has 1 aromatic heterocycles. The summed E-state index contributed by atoms with van der Waals surface area (Å²) in [6.07, 6.45) is 2.95. The Hall–Kier alpha value is -3.16. The van der Waals surface area contributed by atoms with E-state index in [4.69, 9.17) is 4.98 Å². The van der Waals surface area contributed by atoms with Crippen molar-refractivity contribution >= 4 is 5.91 Å². The number of aryl methyl sites for hydroxylation is 2. The molecule has 4 rings (SSSR count). The second kappa shape index (κ2) is 11.9. The number of aliphatic hydroxyl groups excluding tert-OH is 1. The van der Waals surface area contributed by atoms with Crippen molar-refractivity contribution in [1.82, 2.24) is 15.6 Å². The predicted molar refractivity (Wildman–Crippen MR) is 141 cm³/mol. The van der Waals surface area contributed by atoms with Crippen LogP contribution in [0.1, 0.15) is 60.7 Å². The highest BCUT2D eigenvalue weighted by Crippen LogP contribution is 2.37. The first-order valence-electron chi connectivity index (χ1n) is 13.0. The molecule has 0 aliphatic heterocycles. The number of benzene rings is 2. The Morgan fingerprint density at radius 3 is 2.57 bits per heavy atom. The number of aliphatic hydroxyl groups is 1. The Kier molecular flexibility index (Phi) is 8.67. The SMILES string of the molecule is CCc1cc(-c2cccc(C)n2)c2c(c1)C(NCC(O)C(Cc1cc(F)cc(F)c1)NC(C)=O)CCC2. The number of hydrogen-bond donors (Lipinski definition) is 3. The maximum absolute atomic E-state index is 13.7. The molecule has 3 N–H and O–H groups in total. The molecule has 0 radical (unpaired) electrons. The summed E-state index contributed by atoms with van der Waals surface area (Å²) in [5, 5.41) is 17.3. The highest BCUT2D eigenvalue weighted by molar-refractivity contribution is 5.73. The summed E-state index contributed by atoms with van der Waals surface area (Å²) >= 11 is 0. The Bertz CT molecular complexity index is 1240. The first-order chi connectivity index (χ1) is 17.7. The van der Waals surface area contributed by atoms with Crippen molar-refractivity contribution in [3.63, 3.8) is 0 Å². The van der Waals surface area contributed by atoms with E-state index in [0.717, 1.165) is 48.7 Å². The monoisotopic (exact) mass is 507 g/mol. The number of hydrogen-bond acceptors (Lipinski definition) is 4. The second-order valence-corrected chi connectivity index (χ2v) is 9.94. The molecular weight excluding hydrogens is 472 g/mol. The van der Waals surface area contributed by atoms with Gasteiger partial charge in [0.05, 0.1) is 17.8 Å². The normalized spacial score (nSPS) is 16.6. The fourth-order valence-electron chi connectivity index (χ4n) is 5.25. The quantitative estimate of drug-likeness (QED) is 0.382. The molecule has 3 aromatic rings. The molecule has 37 heavy (non-hydrogen) atoms. The summed E-state index contributed by atoms with van der Waals surface area (Å²) < 4.78 is 27.4. The third-order valence-corrected chi connectivity index (χ3v) is 7.02. The molecule has 2 aromatic carbocycles. The molecule has 3 atom stereocenters. The summed E-state index contributed by atoms with van der Waals surface area (Å²) in [5.74, 6) is -1.69. The highest BCUT2D eigenvalue weighted by Gasteiger charge is 2.27. The Balaban J connectivity index is 1.55. The van der Waals surface area contributed by atoms with Gasteiger partial charge in [0.15, 0.2) is 0 Å². The summed E-state index contributed by atoms with van der Waals surface area (Å²) in [7, 11) is 0. The lowest BCUT2D eigenvalue weighted by molar-refractivity contribution is -0.120. The van der Waals surface area contributed by atoms with Gasteiger partial charge in [0.25, 0.3) is 0 Å². The minimum atomic E-state index is -0.951. The molecule has 0 saturated carbocycles. The molecule has 0 saturated heterocycles. The summed E-state index contributed by atoms with van der Waals surface area (Å²) in [6.45, 7) is 5.72. The van der Waals surface area contributed by atoms with Gasteiger partial charge in [0.1, 0.15) is 11.6 Å². The Morgan fingerprint density at radius 2 is 1.89 bits per heavy atom. The molecule has 0 bridgehead atoms. The summed E-state index contributed by atoms with van der Waals surface area (Å²) in [4.78, 5) is 16.6. The topological polar surface area (TPSA) is 74.2 Å². The number of rotatable bonds is 9. The standard InChI is InChI=1S/C30H35F2N3O2/c1-4-20-13-25-24(26(14-20)28-10-5-7-18(2)34-28)8-6-9-27(25)33-17-30(37)29(35-19(3)36)15-21-11-22(31)16-23(32)12-21/h5,7,10-14,16,27,29-30,33,37H,4,6,8-9,15,17H2,1-3H3,(H,35,36). The van der Waals surface area contributed by atoms with Crippen LogP contribution in [0.2, 0.25) is 0 Å². The van der Waals surface area contributed by atoms with Gasteiger partial charge < -0.3 is 15.7 Å². The largest absolute Gasteiger partial charge is 0.390 e. The molecule has 1 aliphatic carbocycles. The van der Waals surface area contributed by atoms with Crippen LogP contribution < -0.4 is 10.6 Å². The van der Waals surface area contributed by atoms with Gasteiger partial charge in [-0.3, -0.25) is 9.78 Å². The zero-order chi connectivity index (χ0) is 26.5. The van der Waals surface area contributed by atoms with Gasteiger partial charge in [-0.25, -0.2) is 8.78 Å². The van der Waals surface area contributed by atoms with E-state index in [2.05, 4.69) is 35.8 Å². The van der Waals surface area contributed by atoms with E-state index in [-0.39, 0.29) is 24.9 Å². The molecule has 1 amide bonds. The molecule has 5 nitrogen and oxygen atoms in total. The third-order valence-electron chi connectivity index (χ3n) is 7.02. The van der Waals surface area contributed by atoms with Crippen molar-refractivity contribution in [2.75, 3.05) is 6.54 Å². The number of carbonyl (C=O) groups is 1. The van der Waals surface area contributed by atoms with Crippen LogP contribution in [-0.4, -0.2) is 34.7 Å². The molecule has 1 aliphatic rings. The van der Waals surface area contributed by atoms with Gasteiger partial charge in [0.2, 0.25) is 5.91 Å². The minimum absolute atomic E-state index is 0.0399. The van der Waals surface area contributed by atoms with Crippen LogP contribution in [0.15, 0.2) is 48.5 Å². The number of amides is 1. The van der Waals surface area contributed by atoms with Crippen LogP contribution in [0, 0.1) is 18.6 Å². The second-order valence-electron chi connectivity index (χ2n) is 9.94. The predicted octanol–water partition coefficient (Wildman–Crippen LogP) is 4.97. The summed E-state index contributed by atoms with van der Waals surface area (Å²) in [6, 6.07) is 13.2. The van der Waals surface area contributed by atoms with Crippen LogP contribution in [0.4, 0.5) is 8.78 Å². The minimum Gasteiger partial charge on any atom is -0.390 e. The zero-order valence-electron chi connectivity index (χ0n) is 21.7. The van der Waals surface area contributed by atoms with E-state index in [0.29, 0.717) is 5.56 Å².